The molecular formula is C12H20N2O4S. The smallest absolute Gasteiger partial charge is 0.352 e. The minimum absolute atomic E-state index is 0.0354. The van der Waals surface area contributed by atoms with Crippen molar-refractivity contribution in [2.75, 3.05) is 6.54 Å². The number of hydrogen-bond acceptors (Lipinski definition) is 3. The summed E-state index contributed by atoms with van der Waals surface area (Å²) in [7, 11) is -3.68. The van der Waals surface area contributed by atoms with Gasteiger partial charge in [0, 0.05) is 17.8 Å². The van der Waals surface area contributed by atoms with Gasteiger partial charge in [-0.25, -0.2) is 17.9 Å². The summed E-state index contributed by atoms with van der Waals surface area (Å²) in [6.07, 6.45) is 0.869. The zero-order chi connectivity index (χ0) is 14.8. The van der Waals surface area contributed by atoms with Crippen LogP contribution in [0.3, 0.4) is 0 Å². The van der Waals surface area contributed by atoms with Crippen LogP contribution in [0.1, 0.15) is 42.0 Å². The van der Waals surface area contributed by atoms with Gasteiger partial charge in [0.25, 0.3) is 0 Å². The summed E-state index contributed by atoms with van der Waals surface area (Å²) in [5.41, 5.74) is 0.495. The van der Waals surface area contributed by atoms with Crippen LogP contribution in [0.4, 0.5) is 0 Å². The van der Waals surface area contributed by atoms with Crippen molar-refractivity contribution in [3.63, 3.8) is 0 Å². The number of sulfonamides is 1. The van der Waals surface area contributed by atoms with E-state index >= 15 is 0 Å². The summed E-state index contributed by atoms with van der Waals surface area (Å²) < 4.78 is 26.9. The zero-order valence-electron chi connectivity index (χ0n) is 11.6. The maximum Gasteiger partial charge on any atom is 0.352 e. The van der Waals surface area contributed by atoms with Gasteiger partial charge in [-0.1, -0.05) is 20.3 Å². The molecule has 0 aromatic carbocycles. The second-order valence-corrected chi connectivity index (χ2v) is 6.45. The lowest BCUT2D eigenvalue weighted by molar-refractivity contribution is 0.0690. The number of H-pyrrole nitrogens is 1. The molecule has 0 aliphatic heterocycles. The van der Waals surface area contributed by atoms with E-state index in [4.69, 9.17) is 5.11 Å². The van der Waals surface area contributed by atoms with Crippen LogP contribution in [0.2, 0.25) is 0 Å². The second-order valence-electron chi connectivity index (χ2n) is 4.75. The fourth-order valence-electron chi connectivity index (χ4n) is 1.82. The summed E-state index contributed by atoms with van der Waals surface area (Å²) in [6, 6.07) is 0. The van der Waals surface area contributed by atoms with Crippen molar-refractivity contribution in [1.29, 1.82) is 0 Å². The number of aromatic carboxylic acids is 1. The Bertz CT molecular complexity index is 575. The van der Waals surface area contributed by atoms with E-state index in [0.29, 0.717) is 12.2 Å². The molecule has 0 spiro atoms. The molecule has 0 aliphatic carbocycles. The highest BCUT2D eigenvalue weighted by atomic mass is 32.2. The maximum absolute atomic E-state index is 12.2. The molecule has 0 saturated heterocycles. The van der Waals surface area contributed by atoms with E-state index in [1.54, 1.807) is 6.92 Å². The summed E-state index contributed by atoms with van der Waals surface area (Å²) in [5, 5.41) is 8.98. The number of carboxylic acid groups (broad SMARTS) is 1. The summed E-state index contributed by atoms with van der Waals surface area (Å²) >= 11 is 0. The minimum Gasteiger partial charge on any atom is -0.477 e. The summed E-state index contributed by atoms with van der Waals surface area (Å²) in [6.45, 7) is 7.31. The van der Waals surface area contributed by atoms with Crippen LogP contribution in [0.25, 0.3) is 0 Å². The fraction of sp³-hybridized carbons (Fsp3) is 0.583. The Kier molecular flexibility index (Phi) is 4.75. The highest BCUT2D eigenvalue weighted by molar-refractivity contribution is 7.89. The normalized spacial score (nSPS) is 13.5. The van der Waals surface area contributed by atoms with E-state index in [0.717, 1.165) is 6.42 Å². The lowest BCUT2D eigenvalue weighted by atomic mass is 10.1. The van der Waals surface area contributed by atoms with Crippen molar-refractivity contribution in [1.82, 2.24) is 9.71 Å². The molecule has 1 heterocycles. The molecule has 1 atom stereocenters. The SMILES string of the molecule is CCC(C)CNS(=O)(=O)c1c(C)[nH]c(C(=O)O)c1C. The highest BCUT2D eigenvalue weighted by Gasteiger charge is 2.26. The molecule has 1 aromatic rings. The van der Waals surface area contributed by atoms with Crippen molar-refractivity contribution < 1.29 is 18.3 Å². The molecule has 0 saturated carbocycles. The second kappa shape index (κ2) is 5.75. The topological polar surface area (TPSA) is 99.3 Å². The average molecular weight is 288 g/mol. The Morgan fingerprint density at radius 3 is 2.42 bits per heavy atom. The third-order valence-corrected chi connectivity index (χ3v) is 4.87. The lowest BCUT2D eigenvalue weighted by Crippen LogP contribution is -2.29. The van der Waals surface area contributed by atoms with E-state index in [-0.39, 0.29) is 22.1 Å². The molecule has 3 N–H and O–H groups in total. The molecule has 1 rings (SSSR count). The summed E-state index contributed by atoms with van der Waals surface area (Å²) in [5.74, 6) is -0.933. The van der Waals surface area contributed by atoms with Crippen LogP contribution in [-0.2, 0) is 10.0 Å². The molecule has 0 bridgehead atoms. The minimum atomic E-state index is -3.68. The number of hydrogen-bond donors (Lipinski definition) is 3. The van der Waals surface area contributed by atoms with Crippen LogP contribution < -0.4 is 4.72 Å². The summed E-state index contributed by atoms with van der Waals surface area (Å²) in [4.78, 5) is 13.6. The van der Waals surface area contributed by atoms with Crippen molar-refractivity contribution in [3.8, 4) is 0 Å². The molecule has 19 heavy (non-hydrogen) atoms. The zero-order valence-corrected chi connectivity index (χ0v) is 12.4. The first kappa shape index (κ1) is 15.7. The number of rotatable bonds is 6. The van der Waals surface area contributed by atoms with Gasteiger partial charge in [-0.3, -0.25) is 0 Å². The van der Waals surface area contributed by atoms with Crippen LogP contribution >= 0.6 is 0 Å². The van der Waals surface area contributed by atoms with Gasteiger partial charge >= 0.3 is 5.97 Å². The maximum atomic E-state index is 12.2. The van der Waals surface area contributed by atoms with Crippen LogP contribution in [-0.4, -0.2) is 31.0 Å². The lowest BCUT2D eigenvalue weighted by Gasteiger charge is -2.11. The molecule has 1 aromatic heterocycles. The molecule has 0 fully saturated rings. The molecule has 1 unspecified atom stereocenters. The Hall–Kier alpha value is -1.34. The number of carbonyl (C=O) groups is 1. The van der Waals surface area contributed by atoms with Gasteiger partial charge < -0.3 is 10.1 Å². The molecule has 7 heteroatoms. The standard InChI is InChI=1S/C12H20N2O4S/c1-5-7(2)6-13-19(17,18)11-8(3)10(12(15)16)14-9(11)4/h7,13-14H,5-6H2,1-4H3,(H,15,16). The monoisotopic (exact) mass is 288 g/mol. The van der Waals surface area contributed by atoms with Gasteiger partial charge in [0.05, 0.1) is 0 Å². The van der Waals surface area contributed by atoms with Gasteiger partial charge in [-0.05, 0) is 19.8 Å². The first-order chi connectivity index (χ1) is 8.70. The number of aryl methyl sites for hydroxylation is 1. The number of aromatic amines is 1. The van der Waals surface area contributed by atoms with Gasteiger partial charge in [0.1, 0.15) is 10.6 Å². The molecule has 0 aliphatic rings. The Balaban J connectivity index is 3.12. The van der Waals surface area contributed by atoms with Crippen molar-refractivity contribution in [3.05, 3.63) is 17.0 Å². The Morgan fingerprint density at radius 1 is 1.42 bits per heavy atom. The molecule has 0 amide bonds. The first-order valence-electron chi connectivity index (χ1n) is 6.12. The molecule has 108 valence electrons. The van der Waals surface area contributed by atoms with E-state index in [1.807, 2.05) is 13.8 Å². The average Bonchev–Trinajstić information content (AvgIpc) is 2.62. The van der Waals surface area contributed by atoms with E-state index in [9.17, 15) is 13.2 Å². The third-order valence-electron chi connectivity index (χ3n) is 3.17. The van der Waals surface area contributed by atoms with Crippen molar-refractivity contribution >= 4 is 16.0 Å². The van der Waals surface area contributed by atoms with Crippen molar-refractivity contribution in [2.45, 2.75) is 39.0 Å². The van der Waals surface area contributed by atoms with Crippen LogP contribution in [0.15, 0.2) is 4.90 Å². The molecule has 6 nitrogen and oxygen atoms in total. The van der Waals surface area contributed by atoms with Crippen LogP contribution in [0, 0.1) is 19.8 Å². The predicted molar refractivity (Wildman–Crippen MR) is 71.9 cm³/mol. The first-order valence-corrected chi connectivity index (χ1v) is 7.61. The molecular weight excluding hydrogens is 268 g/mol. The largest absolute Gasteiger partial charge is 0.477 e. The Morgan fingerprint density at radius 2 is 2.00 bits per heavy atom. The fourth-order valence-corrected chi connectivity index (χ4v) is 3.43. The van der Waals surface area contributed by atoms with Gasteiger partial charge in [0.2, 0.25) is 10.0 Å². The number of carboxylic acids is 1. The van der Waals surface area contributed by atoms with Gasteiger partial charge in [-0.2, -0.15) is 0 Å². The van der Waals surface area contributed by atoms with Gasteiger partial charge in [0.15, 0.2) is 0 Å². The number of nitrogens with one attached hydrogen (secondary N) is 2. The van der Waals surface area contributed by atoms with E-state index in [1.165, 1.54) is 6.92 Å². The third kappa shape index (κ3) is 3.36. The number of aromatic nitrogens is 1. The quantitative estimate of drug-likeness (QED) is 0.741. The Labute approximate surface area is 113 Å². The van der Waals surface area contributed by atoms with Crippen LogP contribution in [0.5, 0.6) is 0 Å². The molecule has 0 radical (unpaired) electrons. The van der Waals surface area contributed by atoms with E-state index < -0.39 is 16.0 Å². The van der Waals surface area contributed by atoms with Gasteiger partial charge in [-0.15, -0.1) is 0 Å². The van der Waals surface area contributed by atoms with Crippen molar-refractivity contribution in [2.24, 2.45) is 5.92 Å². The highest BCUT2D eigenvalue weighted by Crippen LogP contribution is 2.23. The van der Waals surface area contributed by atoms with E-state index in [2.05, 4.69) is 9.71 Å². The predicted octanol–water partition coefficient (Wildman–Crippen LogP) is 1.65.